The molecule has 0 radical (unpaired) electrons. The summed E-state index contributed by atoms with van der Waals surface area (Å²) in [7, 11) is 0. The molecule has 0 unspecified atom stereocenters. The van der Waals surface area contributed by atoms with Crippen molar-refractivity contribution in [3.05, 3.63) is 94.1 Å². The molecule has 1 aromatic rings. The standard InChI is InChI=1S/C34H43N3O7/c1-3-5-6-7-8-9-10-11-12-13-14-15-16-17-18-19-20-21-32(39)44-23-22-36(4-2)34(41)29(27-35)24-28-25-30(37(42)43)33(40)31(38)26-28/h5-6,8-9,11-12,14-15,17-18,24-26,38,40H,3-4,7,10,13,16,19-23H2,1-2H3/b6-5-,9-8-,12-11-,15-14-,18-17-,29-24+. The Bertz CT molecular complexity index is 1300. The van der Waals surface area contributed by atoms with E-state index in [0.29, 0.717) is 6.42 Å². The number of hydrogen-bond donors (Lipinski definition) is 2. The molecule has 0 heterocycles. The Morgan fingerprint density at radius 1 is 0.955 bits per heavy atom. The van der Waals surface area contributed by atoms with Crippen LogP contribution < -0.4 is 0 Å². The predicted molar refractivity (Wildman–Crippen MR) is 172 cm³/mol. The summed E-state index contributed by atoms with van der Waals surface area (Å²) in [5, 5.41) is 39.9. The van der Waals surface area contributed by atoms with Gasteiger partial charge in [0.15, 0.2) is 5.75 Å². The highest BCUT2D eigenvalue weighted by Gasteiger charge is 2.21. The number of nitrogens with zero attached hydrogens (tertiary/aromatic N) is 3. The van der Waals surface area contributed by atoms with Gasteiger partial charge in [-0.3, -0.25) is 19.7 Å². The van der Waals surface area contributed by atoms with Gasteiger partial charge in [0.05, 0.1) is 11.5 Å². The molecule has 0 bridgehead atoms. The topological polar surface area (TPSA) is 154 Å². The first-order valence-electron chi connectivity index (χ1n) is 14.8. The highest BCUT2D eigenvalue weighted by molar-refractivity contribution is 6.01. The number of phenolic OH excluding ortho intramolecular Hbond substituents is 2. The average Bonchev–Trinajstić information content (AvgIpc) is 3.00. The van der Waals surface area contributed by atoms with Crippen molar-refractivity contribution in [3.8, 4) is 17.6 Å². The van der Waals surface area contributed by atoms with Gasteiger partial charge in [-0.15, -0.1) is 0 Å². The molecule has 0 saturated carbocycles. The fourth-order valence-corrected chi connectivity index (χ4v) is 3.80. The van der Waals surface area contributed by atoms with Crippen LogP contribution in [0.2, 0.25) is 0 Å². The molecule has 0 saturated heterocycles. The molecular weight excluding hydrogens is 562 g/mol. The fourth-order valence-electron chi connectivity index (χ4n) is 3.80. The van der Waals surface area contributed by atoms with Crippen molar-refractivity contribution in [2.75, 3.05) is 19.7 Å². The van der Waals surface area contributed by atoms with Gasteiger partial charge in [-0.2, -0.15) is 5.26 Å². The van der Waals surface area contributed by atoms with Crippen LogP contribution in [-0.2, 0) is 14.3 Å². The zero-order chi connectivity index (χ0) is 32.6. The maximum atomic E-state index is 12.8. The number of amides is 1. The van der Waals surface area contributed by atoms with E-state index in [1.165, 1.54) is 4.90 Å². The summed E-state index contributed by atoms with van der Waals surface area (Å²) in [6.07, 6.45) is 28.7. The van der Waals surface area contributed by atoms with Crippen molar-refractivity contribution in [2.24, 2.45) is 0 Å². The maximum Gasteiger partial charge on any atom is 0.315 e. The molecule has 0 aliphatic carbocycles. The molecular formula is C34H43N3O7. The summed E-state index contributed by atoms with van der Waals surface area (Å²) < 4.78 is 5.24. The minimum atomic E-state index is -0.910. The van der Waals surface area contributed by atoms with Crippen LogP contribution in [0.25, 0.3) is 6.08 Å². The second-order valence-corrected chi connectivity index (χ2v) is 9.54. The van der Waals surface area contributed by atoms with Gasteiger partial charge in [0.25, 0.3) is 5.91 Å². The molecule has 1 rings (SSSR count). The van der Waals surface area contributed by atoms with Gasteiger partial charge in [-0.1, -0.05) is 67.7 Å². The molecule has 44 heavy (non-hydrogen) atoms. The number of hydrogen-bond acceptors (Lipinski definition) is 8. The number of unbranched alkanes of at least 4 members (excludes halogenated alkanes) is 1. The van der Waals surface area contributed by atoms with Crippen molar-refractivity contribution in [3.63, 3.8) is 0 Å². The normalized spacial score (nSPS) is 12.2. The van der Waals surface area contributed by atoms with Gasteiger partial charge >= 0.3 is 11.7 Å². The molecule has 0 aliphatic heterocycles. The molecule has 2 N–H and O–H groups in total. The summed E-state index contributed by atoms with van der Waals surface area (Å²) in [4.78, 5) is 36.4. The summed E-state index contributed by atoms with van der Waals surface area (Å²) in [6, 6.07) is 3.70. The molecule has 0 fully saturated rings. The number of rotatable bonds is 20. The Morgan fingerprint density at radius 3 is 2.05 bits per heavy atom. The number of nitro groups is 1. The Morgan fingerprint density at radius 2 is 1.52 bits per heavy atom. The van der Waals surface area contributed by atoms with Gasteiger partial charge in [-0.25, -0.2) is 0 Å². The lowest BCUT2D eigenvalue weighted by molar-refractivity contribution is -0.386. The molecule has 0 aromatic heterocycles. The molecule has 0 atom stereocenters. The van der Waals surface area contributed by atoms with Gasteiger partial charge in [0, 0.05) is 19.0 Å². The molecule has 10 nitrogen and oxygen atoms in total. The second-order valence-electron chi connectivity index (χ2n) is 9.54. The Labute approximate surface area is 259 Å². The molecule has 1 aromatic carbocycles. The monoisotopic (exact) mass is 605 g/mol. The number of ether oxygens (including phenoxy) is 1. The second kappa shape index (κ2) is 22.7. The molecule has 236 valence electrons. The highest BCUT2D eigenvalue weighted by Crippen LogP contribution is 2.36. The van der Waals surface area contributed by atoms with Crippen LogP contribution >= 0.6 is 0 Å². The van der Waals surface area contributed by atoms with E-state index in [1.54, 1.807) is 13.0 Å². The van der Waals surface area contributed by atoms with Crippen LogP contribution in [0.5, 0.6) is 11.5 Å². The van der Waals surface area contributed by atoms with Crippen molar-refractivity contribution >= 4 is 23.6 Å². The average molecular weight is 606 g/mol. The number of likely N-dealkylation sites (N-methyl/N-ethyl adjacent to an activating group) is 1. The summed E-state index contributed by atoms with van der Waals surface area (Å²) >= 11 is 0. The first-order chi connectivity index (χ1) is 21.2. The lowest BCUT2D eigenvalue weighted by atomic mass is 10.1. The van der Waals surface area contributed by atoms with Crippen molar-refractivity contribution < 1.29 is 29.5 Å². The third-order valence-corrected chi connectivity index (χ3v) is 6.15. The number of allylic oxidation sites excluding steroid dienone is 10. The number of carbonyl (C=O) groups is 2. The van der Waals surface area contributed by atoms with Crippen LogP contribution in [0.15, 0.2) is 78.5 Å². The van der Waals surface area contributed by atoms with E-state index >= 15 is 0 Å². The van der Waals surface area contributed by atoms with Gasteiger partial charge in [-0.05, 0) is 69.6 Å². The Kier molecular flexibility index (Phi) is 19.1. The van der Waals surface area contributed by atoms with Crippen LogP contribution in [0, 0.1) is 21.4 Å². The number of carbonyl (C=O) groups excluding carboxylic acids is 2. The van der Waals surface area contributed by atoms with Crippen molar-refractivity contribution in [1.29, 1.82) is 5.26 Å². The number of phenols is 2. The first-order valence-corrected chi connectivity index (χ1v) is 14.8. The van der Waals surface area contributed by atoms with Crippen molar-refractivity contribution in [2.45, 2.75) is 65.2 Å². The van der Waals surface area contributed by atoms with Gasteiger partial charge in [0.2, 0.25) is 5.75 Å². The number of aromatic hydroxyl groups is 2. The van der Waals surface area contributed by atoms with E-state index in [2.05, 4.69) is 61.6 Å². The largest absolute Gasteiger partial charge is 0.504 e. The van der Waals surface area contributed by atoms with E-state index < -0.39 is 28.0 Å². The Hall–Kier alpha value is -4.91. The van der Waals surface area contributed by atoms with E-state index in [4.69, 9.17) is 4.74 Å². The van der Waals surface area contributed by atoms with Crippen LogP contribution in [-0.4, -0.2) is 51.6 Å². The predicted octanol–water partition coefficient (Wildman–Crippen LogP) is 7.23. The summed E-state index contributed by atoms with van der Waals surface area (Å²) in [6.45, 7) is 4.04. The van der Waals surface area contributed by atoms with E-state index in [-0.39, 0.29) is 43.2 Å². The van der Waals surface area contributed by atoms with E-state index in [9.17, 15) is 35.2 Å². The number of nitriles is 1. The van der Waals surface area contributed by atoms with Crippen LogP contribution in [0.4, 0.5) is 5.69 Å². The van der Waals surface area contributed by atoms with Gasteiger partial charge in [0.1, 0.15) is 18.2 Å². The molecule has 10 heteroatoms. The SMILES string of the molecule is CC/C=C\C/C=C\C/C=C\C/C=C\C/C=C\CCCC(=O)OCCN(CC)C(=O)/C(C#N)=C/c1cc(O)c(O)c([N+](=O)[O-])c1. The van der Waals surface area contributed by atoms with Crippen LogP contribution in [0.1, 0.15) is 70.8 Å². The zero-order valence-corrected chi connectivity index (χ0v) is 25.6. The third-order valence-electron chi connectivity index (χ3n) is 6.15. The first kappa shape index (κ1) is 37.1. The fraction of sp³-hybridized carbons (Fsp3) is 0.382. The molecule has 1 amide bonds. The lowest BCUT2D eigenvalue weighted by Crippen LogP contribution is -2.35. The molecule has 0 aliphatic rings. The lowest BCUT2D eigenvalue weighted by Gasteiger charge is -2.20. The maximum absolute atomic E-state index is 12.8. The van der Waals surface area contributed by atoms with E-state index in [1.807, 2.05) is 6.08 Å². The minimum Gasteiger partial charge on any atom is -0.504 e. The Balaban J connectivity index is 2.36. The number of esters is 1. The van der Waals surface area contributed by atoms with Crippen LogP contribution in [0.3, 0.4) is 0 Å². The van der Waals surface area contributed by atoms with E-state index in [0.717, 1.165) is 56.7 Å². The third kappa shape index (κ3) is 15.4. The quantitative estimate of drug-likeness (QED) is 0.0231. The molecule has 0 spiro atoms. The van der Waals surface area contributed by atoms with Gasteiger partial charge < -0.3 is 19.8 Å². The minimum absolute atomic E-state index is 0.00751. The highest BCUT2D eigenvalue weighted by atomic mass is 16.6. The zero-order valence-electron chi connectivity index (χ0n) is 25.6. The smallest absolute Gasteiger partial charge is 0.315 e. The van der Waals surface area contributed by atoms with Crippen molar-refractivity contribution in [1.82, 2.24) is 4.90 Å². The number of nitro benzene ring substituents is 1. The summed E-state index contributed by atoms with van der Waals surface area (Å²) in [5.41, 5.74) is -1.11. The summed E-state index contributed by atoms with van der Waals surface area (Å²) in [5.74, 6) is -2.72. The number of benzene rings is 1.